The van der Waals surface area contributed by atoms with Crippen LogP contribution in [0.25, 0.3) is 11.1 Å². The number of urea groups is 1. The van der Waals surface area contributed by atoms with E-state index in [0.29, 0.717) is 48.8 Å². The predicted octanol–water partition coefficient (Wildman–Crippen LogP) is 4.69. The first-order chi connectivity index (χ1) is 19.0. The molecule has 2 saturated heterocycles. The molecule has 5 rings (SSSR count). The molecule has 3 heterocycles. The molecule has 1 saturated carbocycles. The standard InChI is InChI=1S/C27H31F5N4O4/c1-17-12-20(28)21(33-24(38)36-5-4-25(16-36)2-3-26(29,30)27(25,31)32)15-19(17)18-13-22(35-6-9-39-10-7-35)34-23(14-18)40-11-8-37/h12-15,37H,2-11,16H2,1H3,(H,33,38). The van der Waals surface area contributed by atoms with Crippen LogP contribution in [0.2, 0.25) is 0 Å². The van der Waals surface area contributed by atoms with Crippen molar-refractivity contribution in [2.75, 3.05) is 62.8 Å². The monoisotopic (exact) mass is 570 g/mol. The molecule has 0 bridgehead atoms. The van der Waals surface area contributed by atoms with Gasteiger partial charge in [-0.2, -0.15) is 22.5 Å². The van der Waals surface area contributed by atoms with Gasteiger partial charge in [-0.15, -0.1) is 0 Å². The zero-order valence-corrected chi connectivity index (χ0v) is 22.0. The highest BCUT2D eigenvalue weighted by Crippen LogP contribution is 2.61. The maximum Gasteiger partial charge on any atom is 0.321 e. The lowest BCUT2D eigenvalue weighted by Crippen LogP contribution is -2.49. The molecule has 8 nitrogen and oxygen atoms in total. The smallest absolute Gasteiger partial charge is 0.321 e. The van der Waals surface area contributed by atoms with Gasteiger partial charge in [0.1, 0.15) is 18.2 Å². The Bertz CT molecular complexity index is 1270. The number of morpholine rings is 1. The molecule has 13 heteroatoms. The molecule has 1 aliphatic carbocycles. The van der Waals surface area contributed by atoms with E-state index < -0.39 is 48.5 Å². The van der Waals surface area contributed by atoms with Crippen molar-refractivity contribution in [1.82, 2.24) is 9.88 Å². The van der Waals surface area contributed by atoms with E-state index in [1.807, 2.05) is 4.90 Å². The van der Waals surface area contributed by atoms with E-state index in [0.717, 1.165) is 4.90 Å². The maximum absolute atomic E-state index is 15.0. The zero-order chi connectivity index (χ0) is 28.7. The molecule has 1 aromatic heterocycles. The lowest BCUT2D eigenvalue weighted by Gasteiger charge is -2.32. The van der Waals surface area contributed by atoms with Crippen LogP contribution >= 0.6 is 0 Å². The van der Waals surface area contributed by atoms with Crippen molar-refractivity contribution < 1.29 is 41.3 Å². The summed E-state index contributed by atoms with van der Waals surface area (Å²) in [5.41, 5.74) is -0.455. The van der Waals surface area contributed by atoms with Gasteiger partial charge >= 0.3 is 17.9 Å². The molecule has 1 aromatic carbocycles. The number of halogens is 5. The molecule has 2 N–H and O–H groups in total. The molecule has 40 heavy (non-hydrogen) atoms. The van der Waals surface area contributed by atoms with Gasteiger partial charge in [0.05, 0.1) is 30.9 Å². The number of nitrogens with one attached hydrogen (secondary N) is 1. The van der Waals surface area contributed by atoms with Gasteiger partial charge < -0.3 is 29.7 Å². The minimum absolute atomic E-state index is 0.0189. The number of anilines is 2. The van der Waals surface area contributed by atoms with Gasteiger partial charge in [-0.05, 0) is 54.7 Å². The number of aliphatic hydroxyl groups is 1. The third kappa shape index (κ3) is 5.05. The van der Waals surface area contributed by atoms with Gasteiger partial charge in [-0.25, -0.2) is 9.18 Å². The van der Waals surface area contributed by atoms with Gasteiger partial charge in [0.25, 0.3) is 0 Å². The summed E-state index contributed by atoms with van der Waals surface area (Å²) in [4.78, 5) is 20.6. The summed E-state index contributed by atoms with van der Waals surface area (Å²) >= 11 is 0. The van der Waals surface area contributed by atoms with Gasteiger partial charge in [-0.3, -0.25) is 0 Å². The highest BCUT2D eigenvalue weighted by molar-refractivity contribution is 5.91. The SMILES string of the molecule is Cc1cc(F)c(NC(=O)N2CCC3(CCC(F)(F)C3(F)F)C2)cc1-c1cc(OCCO)nc(N2CCOCC2)c1. The van der Waals surface area contributed by atoms with Gasteiger partial charge in [-0.1, -0.05) is 0 Å². The summed E-state index contributed by atoms with van der Waals surface area (Å²) < 4.78 is 82.9. The summed E-state index contributed by atoms with van der Waals surface area (Å²) in [6, 6.07) is 5.27. The second-order valence-electron chi connectivity index (χ2n) is 10.5. The Morgan fingerprint density at radius 1 is 1.10 bits per heavy atom. The number of carbonyl (C=O) groups excluding carboxylic acids is 1. The Balaban J connectivity index is 1.40. The van der Waals surface area contributed by atoms with Gasteiger partial charge in [0, 0.05) is 38.7 Å². The Morgan fingerprint density at radius 3 is 2.52 bits per heavy atom. The van der Waals surface area contributed by atoms with Crippen molar-refractivity contribution in [2.45, 2.75) is 38.0 Å². The molecule has 2 amide bonds. The summed E-state index contributed by atoms with van der Waals surface area (Å²) in [7, 11) is 0. The first kappa shape index (κ1) is 28.3. The molecule has 3 fully saturated rings. The van der Waals surface area contributed by atoms with Crippen molar-refractivity contribution in [2.24, 2.45) is 5.41 Å². The second-order valence-corrected chi connectivity index (χ2v) is 10.5. The van der Waals surface area contributed by atoms with E-state index in [1.165, 1.54) is 12.1 Å². The number of alkyl halides is 4. The van der Waals surface area contributed by atoms with Crippen LogP contribution < -0.4 is 15.0 Å². The van der Waals surface area contributed by atoms with Crippen LogP contribution in [0.5, 0.6) is 5.88 Å². The van der Waals surface area contributed by atoms with E-state index in [4.69, 9.17) is 9.47 Å². The number of aliphatic hydroxyl groups excluding tert-OH is 1. The highest BCUT2D eigenvalue weighted by Gasteiger charge is 2.74. The fourth-order valence-electron chi connectivity index (χ4n) is 5.70. The molecular formula is C27H31F5N4O4. The third-order valence-electron chi connectivity index (χ3n) is 8.02. The number of likely N-dealkylation sites (tertiary alicyclic amines) is 1. The Hall–Kier alpha value is -3.19. The number of carbonyl (C=O) groups is 1. The minimum Gasteiger partial charge on any atom is -0.475 e. The molecule has 1 atom stereocenters. The zero-order valence-electron chi connectivity index (χ0n) is 22.0. The molecule has 3 aliphatic rings. The number of aromatic nitrogens is 1. The Morgan fingerprint density at radius 2 is 1.85 bits per heavy atom. The summed E-state index contributed by atoms with van der Waals surface area (Å²) in [6.45, 7) is 3.05. The second kappa shape index (κ2) is 10.7. The Kier molecular flexibility index (Phi) is 7.55. The molecule has 2 aromatic rings. The van der Waals surface area contributed by atoms with Crippen LogP contribution in [0, 0.1) is 18.2 Å². The van der Waals surface area contributed by atoms with E-state index in [1.54, 1.807) is 19.1 Å². The van der Waals surface area contributed by atoms with Crippen LogP contribution in [0.3, 0.4) is 0 Å². The van der Waals surface area contributed by atoms with Crippen LogP contribution in [-0.2, 0) is 4.74 Å². The lowest BCUT2D eigenvalue weighted by atomic mass is 9.82. The van der Waals surface area contributed by atoms with E-state index >= 15 is 0 Å². The normalized spacial score (nSPS) is 23.6. The first-order valence-electron chi connectivity index (χ1n) is 13.2. The molecule has 218 valence electrons. The number of pyridine rings is 1. The number of nitrogens with zero attached hydrogens (tertiary/aromatic N) is 3. The number of hydrogen-bond acceptors (Lipinski definition) is 6. The number of hydrogen-bond donors (Lipinski definition) is 2. The third-order valence-corrected chi connectivity index (χ3v) is 8.02. The fourth-order valence-corrected chi connectivity index (χ4v) is 5.70. The number of benzene rings is 1. The van der Waals surface area contributed by atoms with Crippen molar-refractivity contribution in [3.05, 3.63) is 35.6 Å². The van der Waals surface area contributed by atoms with Crippen molar-refractivity contribution in [1.29, 1.82) is 0 Å². The summed E-state index contributed by atoms with van der Waals surface area (Å²) in [5.74, 6) is -8.24. The number of rotatable bonds is 6. The van der Waals surface area contributed by atoms with Gasteiger partial charge in [0.15, 0.2) is 0 Å². The van der Waals surface area contributed by atoms with E-state index in [9.17, 15) is 31.9 Å². The molecule has 1 spiro atoms. The molecular weight excluding hydrogens is 539 g/mol. The van der Waals surface area contributed by atoms with Crippen LogP contribution in [0.4, 0.5) is 38.3 Å². The number of ether oxygens (including phenoxy) is 2. The molecule has 0 radical (unpaired) electrons. The van der Waals surface area contributed by atoms with Crippen LogP contribution in [-0.4, -0.2) is 85.5 Å². The maximum atomic E-state index is 15.0. The van der Waals surface area contributed by atoms with Crippen molar-refractivity contribution in [3.8, 4) is 17.0 Å². The highest BCUT2D eigenvalue weighted by atomic mass is 19.3. The van der Waals surface area contributed by atoms with Gasteiger partial charge in [0.2, 0.25) is 5.88 Å². The topological polar surface area (TPSA) is 87.2 Å². The van der Waals surface area contributed by atoms with Crippen molar-refractivity contribution >= 4 is 17.5 Å². The lowest BCUT2D eigenvalue weighted by molar-refractivity contribution is -0.229. The number of amides is 2. The molecule has 2 aliphatic heterocycles. The largest absolute Gasteiger partial charge is 0.475 e. The fraction of sp³-hybridized carbons (Fsp3) is 0.556. The Labute approximate surface area is 228 Å². The molecule has 1 unspecified atom stereocenters. The minimum atomic E-state index is -4.23. The van der Waals surface area contributed by atoms with Crippen molar-refractivity contribution in [3.63, 3.8) is 0 Å². The summed E-state index contributed by atoms with van der Waals surface area (Å²) in [5, 5.41) is 11.6. The first-order valence-corrected chi connectivity index (χ1v) is 13.2. The predicted molar refractivity (Wildman–Crippen MR) is 137 cm³/mol. The van der Waals surface area contributed by atoms with Crippen LogP contribution in [0.1, 0.15) is 24.8 Å². The average Bonchev–Trinajstić information content (AvgIpc) is 3.45. The van der Waals surface area contributed by atoms with E-state index in [2.05, 4.69) is 10.3 Å². The van der Waals surface area contributed by atoms with E-state index in [-0.39, 0.29) is 37.7 Å². The quantitative estimate of drug-likeness (QED) is 0.490. The number of aryl methyl sites for hydroxylation is 1. The van der Waals surface area contributed by atoms with Crippen LogP contribution in [0.15, 0.2) is 24.3 Å². The average molecular weight is 571 g/mol. The summed E-state index contributed by atoms with van der Waals surface area (Å²) in [6.07, 6.45) is -1.59.